The van der Waals surface area contributed by atoms with Gasteiger partial charge in [0.05, 0.1) is 0 Å². The van der Waals surface area contributed by atoms with Gasteiger partial charge in [-0.3, -0.25) is 0 Å². The highest BCUT2D eigenvalue weighted by Gasteiger charge is 2.30. The number of allylic oxidation sites excluding steroid dienone is 2. The maximum atomic E-state index is 10.9. The van der Waals surface area contributed by atoms with Gasteiger partial charge in [-0.25, -0.2) is 9.59 Å². The molecule has 0 aromatic heterocycles. The molecule has 0 fully saturated rings. The van der Waals surface area contributed by atoms with Crippen LogP contribution in [0, 0.1) is 5.92 Å². The fourth-order valence-corrected chi connectivity index (χ4v) is 1.57. The summed E-state index contributed by atoms with van der Waals surface area (Å²) >= 11 is 0. The van der Waals surface area contributed by atoms with E-state index in [1.54, 1.807) is 0 Å². The molecule has 1 aliphatic heterocycles. The molecule has 1 atom stereocenters. The molecule has 0 aromatic rings. The fraction of sp³-hybridized carbons (Fsp3) is 0.556. The SMILES string of the molecule is CC1CCC2=C(C1)OC(=O)OC(=O)O2. The molecule has 1 heterocycles. The van der Waals surface area contributed by atoms with Crippen molar-refractivity contribution in [1.29, 1.82) is 0 Å². The number of rotatable bonds is 0. The Bertz CT molecular complexity index is 317. The molecule has 2 rings (SSSR count). The van der Waals surface area contributed by atoms with Crippen LogP contribution in [0.4, 0.5) is 9.59 Å². The Morgan fingerprint density at radius 1 is 1.07 bits per heavy atom. The molecule has 0 aromatic carbocycles. The van der Waals surface area contributed by atoms with E-state index in [2.05, 4.69) is 4.74 Å². The van der Waals surface area contributed by atoms with Crippen LogP contribution in [-0.4, -0.2) is 12.3 Å². The molecule has 0 saturated carbocycles. The number of carbonyl (C=O) groups is 2. The largest absolute Gasteiger partial charge is 0.523 e. The monoisotopic (exact) mass is 198 g/mol. The number of hydrogen-bond donors (Lipinski definition) is 0. The molecule has 2 aliphatic rings. The van der Waals surface area contributed by atoms with E-state index in [1.165, 1.54) is 0 Å². The molecule has 0 N–H and O–H groups in total. The molecule has 14 heavy (non-hydrogen) atoms. The minimum atomic E-state index is -1.01. The summed E-state index contributed by atoms with van der Waals surface area (Å²) in [6.07, 6.45) is 0.129. The van der Waals surface area contributed by atoms with E-state index in [0.717, 1.165) is 6.42 Å². The summed E-state index contributed by atoms with van der Waals surface area (Å²) in [6.45, 7) is 2.05. The van der Waals surface area contributed by atoms with Crippen molar-refractivity contribution < 1.29 is 23.8 Å². The zero-order valence-electron chi connectivity index (χ0n) is 7.74. The van der Waals surface area contributed by atoms with Crippen molar-refractivity contribution in [3.05, 3.63) is 11.5 Å². The van der Waals surface area contributed by atoms with Gasteiger partial charge in [0.25, 0.3) is 0 Å². The second kappa shape index (κ2) is 3.32. The summed E-state index contributed by atoms with van der Waals surface area (Å²) in [5.41, 5.74) is 0. The van der Waals surface area contributed by atoms with Gasteiger partial charge < -0.3 is 14.2 Å². The van der Waals surface area contributed by atoms with Gasteiger partial charge in [0.2, 0.25) is 0 Å². The third-order valence-corrected chi connectivity index (χ3v) is 2.29. The lowest BCUT2D eigenvalue weighted by Crippen LogP contribution is -2.11. The first kappa shape index (κ1) is 9.05. The van der Waals surface area contributed by atoms with E-state index in [-0.39, 0.29) is 0 Å². The molecular weight excluding hydrogens is 188 g/mol. The smallest absolute Gasteiger partial charge is 0.396 e. The van der Waals surface area contributed by atoms with Crippen molar-refractivity contribution in [2.45, 2.75) is 26.2 Å². The molecule has 0 spiro atoms. The number of ether oxygens (including phenoxy) is 3. The zero-order valence-corrected chi connectivity index (χ0v) is 7.74. The maximum Gasteiger partial charge on any atom is 0.523 e. The minimum absolute atomic E-state index is 0.429. The molecule has 0 saturated heterocycles. The summed E-state index contributed by atoms with van der Waals surface area (Å²) in [5.74, 6) is 1.29. The van der Waals surface area contributed by atoms with Gasteiger partial charge in [-0.2, -0.15) is 0 Å². The van der Waals surface area contributed by atoms with Gasteiger partial charge in [0.1, 0.15) is 11.5 Å². The van der Waals surface area contributed by atoms with Gasteiger partial charge in [-0.05, 0) is 12.3 Å². The van der Waals surface area contributed by atoms with E-state index in [9.17, 15) is 9.59 Å². The van der Waals surface area contributed by atoms with Crippen LogP contribution in [-0.2, 0) is 14.2 Å². The van der Waals surface area contributed by atoms with Gasteiger partial charge in [-0.1, -0.05) is 6.92 Å². The third-order valence-electron chi connectivity index (χ3n) is 2.29. The van der Waals surface area contributed by atoms with Crippen LogP contribution in [0.3, 0.4) is 0 Å². The molecule has 1 unspecified atom stereocenters. The fourth-order valence-electron chi connectivity index (χ4n) is 1.57. The van der Waals surface area contributed by atoms with Crippen LogP contribution in [0.5, 0.6) is 0 Å². The molecule has 1 aliphatic carbocycles. The van der Waals surface area contributed by atoms with Crippen molar-refractivity contribution in [2.75, 3.05) is 0 Å². The quantitative estimate of drug-likeness (QED) is 0.441. The maximum absolute atomic E-state index is 10.9. The molecule has 0 radical (unpaired) electrons. The lowest BCUT2D eigenvalue weighted by atomic mass is 9.94. The lowest BCUT2D eigenvalue weighted by molar-refractivity contribution is 0.0778. The Labute approximate surface area is 80.6 Å². The van der Waals surface area contributed by atoms with Crippen molar-refractivity contribution in [2.24, 2.45) is 5.92 Å². The summed E-state index contributed by atoms with van der Waals surface area (Å²) in [7, 11) is 0. The van der Waals surface area contributed by atoms with Crippen LogP contribution >= 0.6 is 0 Å². The molecule has 0 amide bonds. The van der Waals surface area contributed by atoms with E-state index < -0.39 is 12.3 Å². The highest BCUT2D eigenvalue weighted by molar-refractivity contribution is 5.79. The second-order valence-corrected chi connectivity index (χ2v) is 3.50. The highest BCUT2D eigenvalue weighted by Crippen LogP contribution is 2.32. The van der Waals surface area contributed by atoms with Gasteiger partial charge >= 0.3 is 12.3 Å². The molecule has 5 heteroatoms. The van der Waals surface area contributed by atoms with Gasteiger partial charge in [0.15, 0.2) is 0 Å². The van der Waals surface area contributed by atoms with Crippen molar-refractivity contribution in [1.82, 2.24) is 0 Å². The van der Waals surface area contributed by atoms with Crippen LogP contribution in [0.2, 0.25) is 0 Å². The first-order chi connectivity index (χ1) is 6.65. The predicted octanol–water partition coefficient (Wildman–Crippen LogP) is 2.32. The summed E-state index contributed by atoms with van der Waals surface area (Å²) < 4.78 is 13.8. The average molecular weight is 198 g/mol. The van der Waals surface area contributed by atoms with Crippen molar-refractivity contribution in [3.63, 3.8) is 0 Å². The minimum Gasteiger partial charge on any atom is -0.396 e. The number of hydrogen-bond acceptors (Lipinski definition) is 5. The van der Waals surface area contributed by atoms with Gasteiger partial charge in [-0.15, -0.1) is 0 Å². The standard InChI is InChI=1S/C9H10O5/c1-5-2-3-6-7(4-5)13-9(11)14-8(10)12-6/h5H,2-4H2,1H3. The second-order valence-electron chi connectivity index (χ2n) is 3.50. The van der Waals surface area contributed by atoms with E-state index >= 15 is 0 Å². The third kappa shape index (κ3) is 1.71. The highest BCUT2D eigenvalue weighted by atomic mass is 16.8. The van der Waals surface area contributed by atoms with E-state index in [0.29, 0.717) is 30.3 Å². The first-order valence-corrected chi connectivity index (χ1v) is 4.48. The summed E-state index contributed by atoms with van der Waals surface area (Å²) in [5, 5.41) is 0. The topological polar surface area (TPSA) is 61.8 Å². The first-order valence-electron chi connectivity index (χ1n) is 4.48. The van der Waals surface area contributed by atoms with Crippen LogP contribution in [0.25, 0.3) is 0 Å². The Morgan fingerprint density at radius 2 is 1.71 bits per heavy atom. The van der Waals surface area contributed by atoms with Crippen LogP contribution < -0.4 is 0 Å². The van der Waals surface area contributed by atoms with Crippen LogP contribution in [0.15, 0.2) is 11.5 Å². The Kier molecular flexibility index (Phi) is 2.15. The Balaban J connectivity index is 2.24. The summed E-state index contributed by atoms with van der Waals surface area (Å²) in [6, 6.07) is 0. The lowest BCUT2D eigenvalue weighted by Gasteiger charge is -2.19. The average Bonchev–Trinajstić information content (AvgIpc) is 2.21. The molecule has 5 nitrogen and oxygen atoms in total. The zero-order chi connectivity index (χ0) is 10.1. The Hall–Kier alpha value is -1.52. The van der Waals surface area contributed by atoms with E-state index in [4.69, 9.17) is 9.47 Å². The van der Waals surface area contributed by atoms with Gasteiger partial charge in [0, 0.05) is 12.8 Å². The number of cyclic esters (lactones) is 2. The van der Waals surface area contributed by atoms with E-state index in [1.807, 2.05) is 6.92 Å². The van der Waals surface area contributed by atoms with Crippen molar-refractivity contribution in [3.8, 4) is 0 Å². The van der Waals surface area contributed by atoms with Crippen LogP contribution in [0.1, 0.15) is 26.2 Å². The van der Waals surface area contributed by atoms with Crippen molar-refractivity contribution >= 4 is 12.3 Å². The molecular formula is C9H10O5. The normalized spacial score (nSPS) is 27.1. The summed E-state index contributed by atoms with van der Waals surface area (Å²) in [4.78, 5) is 21.7. The predicted molar refractivity (Wildman–Crippen MR) is 44.1 cm³/mol. The molecule has 76 valence electrons. The number of carbonyl (C=O) groups excluding carboxylic acids is 2. The molecule has 0 bridgehead atoms. The Morgan fingerprint density at radius 3 is 2.43 bits per heavy atom.